The van der Waals surface area contributed by atoms with Gasteiger partial charge in [0.2, 0.25) is 0 Å². The summed E-state index contributed by atoms with van der Waals surface area (Å²) in [6, 6.07) is 10.2. The molecule has 0 radical (unpaired) electrons. The van der Waals surface area contributed by atoms with E-state index in [0.717, 1.165) is 25.8 Å². The maximum atomic E-state index is 11.5. The van der Waals surface area contributed by atoms with E-state index in [-0.39, 0.29) is 18.0 Å². The molecule has 3 unspecified atom stereocenters. The van der Waals surface area contributed by atoms with Crippen LogP contribution in [0.3, 0.4) is 0 Å². The van der Waals surface area contributed by atoms with Gasteiger partial charge < -0.3 is 5.11 Å². The third kappa shape index (κ3) is 2.98. The molecule has 3 heteroatoms. The number of likely N-dealkylation sites (tertiary alicyclic amines) is 1. The van der Waals surface area contributed by atoms with Crippen LogP contribution in [0.1, 0.15) is 44.7 Å². The molecular weight excluding hydrogens is 238 g/mol. The Labute approximate surface area is 115 Å². The second-order valence-electron chi connectivity index (χ2n) is 5.50. The lowest BCUT2D eigenvalue weighted by atomic mass is 9.98. The molecule has 1 N–H and O–H groups in total. The van der Waals surface area contributed by atoms with E-state index in [0.29, 0.717) is 0 Å². The summed E-state index contributed by atoms with van der Waals surface area (Å²) in [5.41, 5.74) is 1.24. The average Bonchev–Trinajstić information content (AvgIpc) is 2.79. The fraction of sp³-hybridized carbons (Fsp3) is 0.562. The monoisotopic (exact) mass is 261 g/mol. The summed E-state index contributed by atoms with van der Waals surface area (Å²) < 4.78 is 0. The minimum absolute atomic E-state index is 0.234. The summed E-state index contributed by atoms with van der Waals surface area (Å²) in [4.78, 5) is 13.7. The van der Waals surface area contributed by atoms with Gasteiger partial charge in [0.15, 0.2) is 0 Å². The smallest absolute Gasteiger partial charge is 0.321 e. The highest BCUT2D eigenvalue weighted by atomic mass is 16.4. The number of benzene rings is 1. The highest BCUT2D eigenvalue weighted by Gasteiger charge is 2.40. The molecule has 0 saturated carbocycles. The van der Waals surface area contributed by atoms with Crippen molar-refractivity contribution >= 4 is 5.97 Å². The van der Waals surface area contributed by atoms with Crippen LogP contribution in [0.4, 0.5) is 0 Å². The number of carbonyl (C=O) groups is 1. The maximum Gasteiger partial charge on any atom is 0.321 e. The Morgan fingerprint density at radius 3 is 2.68 bits per heavy atom. The zero-order chi connectivity index (χ0) is 13.8. The first-order chi connectivity index (χ1) is 9.15. The normalized spacial score (nSPS) is 25.4. The zero-order valence-electron chi connectivity index (χ0n) is 11.7. The van der Waals surface area contributed by atoms with Gasteiger partial charge in [0.05, 0.1) is 0 Å². The molecule has 1 aliphatic heterocycles. The van der Waals surface area contributed by atoms with Gasteiger partial charge in [-0.2, -0.15) is 0 Å². The molecule has 1 aromatic rings. The van der Waals surface area contributed by atoms with Crippen LogP contribution in [-0.2, 0) is 4.79 Å². The molecule has 1 saturated heterocycles. The van der Waals surface area contributed by atoms with Crippen molar-refractivity contribution in [3.8, 4) is 0 Å². The summed E-state index contributed by atoms with van der Waals surface area (Å²) in [5.74, 6) is -0.442. The summed E-state index contributed by atoms with van der Waals surface area (Å²) in [6.45, 7) is 5.09. The number of carboxylic acid groups (broad SMARTS) is 1. The zero-order valence-corrected chi connectivity index (χ0v) is 11.7. The van der Waals surface area contributed by atoms with Gasteiger partial charge in [0.1, 0.15) is 6.04 Å². The van der Waals surface area contributed by atoms with Crippen LogP contribution in [0.25, 0.3) is 0 Å². The average molecular weight is 261 g/mol. The summed E-state index contributed by atoms with van der Waals surface area (Å²) >= 11 is 0. The van der Waals surface area contributed by atoms with Crippen LogP contribution in [0.15, 0.2) is 30.3 Å². The SMILES string of the molecule is CCCC(c1ccccc1)N1CCC(C)C1C(=O)O. The van der Waals surface area contributed by atoms with Crippen LogP contribution in [0, 0.1) is 5.92 Å². The molecule has 19 heavy (non-hydrogen) atoms. The number of hydrogen-bond acceptors (Lipinski definition) is 2. The van der Waals surface area contributed by atoms with Crippen molar-refractivity contribution in [1.82, 2.24) is 4.90 Å². The predicted octanol–water partition coefficient (Wildman–Crippen LogP) is 3.32. The van der Waals surface area contributed by atoms with Crippen molar-refractivity contribution in [2.45, 2.75) is 45.2 Å². The van der Waals surface area contributed by atoms with E-state index in [9.17, 15) is 9.90 Å². The first-order valence-corrected chi connectivity index (χ1v) is 7.18. The minimum atomic E-state index is -0.679. The lowest BCUT2D eigenvalue weighted by Gasteiger charge is -2.32. The summed E-state index contributed by atoms with van der Waals surface area (Å²) in [7, 11) is 0. The van der Waals surface area contributed by atoms with E-state index >= 15 is 0 Å². The third-order valence-corrected chi connectivity index (χ3v) is 4.14. The van der Waals surface area contributed by atoms with Gasteiger partial charge in [0.25, 0.3) is 0 Å². The summed E-state index contributed by atoms with van der Waals surface area (Å²) in [6.07, 6.45) is 3.06. The molecule has 0 aromatic heterocycles. The second-order valence-corrected chi connectivity index (χ2v) is 5.50. The molecule has 2 rings (SSSR count). The van der Waals surface area contributed by atoms with E-state index < -0.39 is 5.97 Å². The highest BCUT2D eigenvalue weighted by Crippen LogP contribution is 2.35. The molecular formula is C16H23NO2. The number of nitrogens with zero attached hydrogens (tertiary/aromatic N) is 1. The molecule has 1 heterocycles. The Kier molecular flexibility index (Phi) is 4.59. The predicted molar refractivity (Wildman–Crippen MR) is 76.0 cm³/mol. The molecule has 0 spiro atoms. The van der Waals surface area contributed by atoms with Gasteiger partial charge >= 0.3 is 5.97 Å². The maximum absolute atomic E-state index is 11.5. The molecule has 0 amide bonds. The first kappa shape index (κ1) is 14.1. The fourth-order valence-corrected chi connectivity index (χ4v) is 3.18. The number of hydrogen-bond donors (Lipinski definition) is 1. The van der Waals surface area contributed by atoms with E-state index in [4.69, 9.17) is 0 Å². The highest BCUT2D eigenvalue weighted by molar-refractivity contribution is 5.74. The Morgan fingerprint density at radius 2 is 2.11 bits per heavy atom. The quantitative estimate of drug-likeness (QED) is 0.884. The lowest BCUT2D eigenvalue weighted by Crippen LogP contribution is -2.41. The standard InChI is InChI=1S/C16H23NO2/c1-3-7-14(13-8-5-4-6-9-13)17-11-10-12(2)15(17)16(18)19/h4-6,8-9,12,14-15H,3,7,10-11H2,1-2H3,(H,18,19). The molecule has 1 fully saturated rings. The molecule has 0 bridgehead atoms. The Morgan fingerprint density at radius 1 is 1.42 bits per heavy atom. The fourth-order valence-electron chi connectivity index (χ4n) is 3.18. The van der Waals surface area contributed by atoms with Gasteiger partial charge in [-0.3, -0.25) is 9.69 Å². The van der Waals surface area contributed by atoms with Crippen molar-refractivity contribution < 1.29 is 9.90 Å². The topological polar surface area (TPSA) is 40.5 Å². The van der Waals surface area contributed by atoms with E-state index in [1.54, 1.807) is 0 Å². The van der Waals surface area contributed by atoms with Crippen molar-refractivity contribution in [3.63, 3.8) is 0 Å². The number of rotatable bonds is 5. The van der Waals surface area contributed by atoms with Crippen LogP contribution < -0.4 is 0 Å². The Hall–Kier alpha value is -1.35. The van der Waals surface area contributed by atoms with Crippen LogP contribution in [0.5, 0.6) is 0 Å². The third-order valence-electron chi connectivity index (χ3n) is 4.14. The van der Waals surface area contributed by atoms with Crippen LogP contribution in [-0.4, -0.2) is 28.6 Å². The van der Waals surface area contributed by atoms with Crippen molar-refractivity contribution in [2.24, 2.45) is 5.92 Å². The molecule has 0 aliphatic carbocycles. The largest absolute Gasteiger partial charge is 0.480 e. The molecule has 1 aromatic carbocycles. The van der Waals surface area contributed by atoms with Crippen LogP contribution >= 0.6 is 0 Å². The van der Waals surface area contributed by atoms with Crippen molar-refractivity contribution in [1.29, 1.82) is 0 Å². The van der Waals surface area contributed by atoms with Crippen molar-refractivity contribution in [2.75, 3.05) is 6.54 Å². The lowest BCUT2D eigenvalue weighted by molar-refractivity contribution is -0.144. The number of carboxylic acids is 1. The Balaban J connectivity index is 2.26. The Bertz CT molecular complexity index is 418. The van der Waals surface area contributed by atoms with E-state index in [1.807, 2.05) is 25.1 Å². The van der Waals surface area contributed by atoms with Gasteiger partial charge in [-0.1, -0.05) is 50.6 Å². The molecule has 104 valence electrons. The van der Waals surface area contributed by atoms with Gasteiger partial charge in [-0.05, 0) is 30.9 Å². The summed E-state index contributed by atoms with van der Waals surface area (Å²) in [5, 5.41) is 9.48. The van der Waals surface area contributed by atoms with E-state index in [1.165, 1.54) is 5.56 Å². The molecule has 1 aliphatic rings. The van der Waals surface area contributed by atoms with Crippen LogP contribution in [0.2, 0.25) is 0 Å². The minimum Gasteiger partial charge on any atom is -0.480 e. The van der Waals surface area contributed by atoms with Gasteiger partial charge in [-0.25, -0.2) is 0 Å². The molecule has 3 atom stereocenters. The van der Waals surface area contributed by atoms with Crippen molar-refractivity contribution in [3.05, 3.63) is 35.9 Å². The van der Waals surface area contributed by atoms with E-state index in [2.05, 4.69) is 24.0 Å². The number of aliphatic carboxylic acids is 1. The first-order valence-electron chi connectivity index (χ1n) is 7.18. The second kappa shape index (κ2) is 6.20. The van der Waals surface area contributed by atoms with Gasteiger partial charge in [0, 0.05) is 6.04 Å². The van der Waals surface area contributed by atoms with Gasteiger partial charge in [-0.15, -0.1) is 0 Å². The molecule has 3 nitrogen and oxygen atoms in total.